The van der Waals surface area contributed by atoms with Gasteiger partial charge in [0.1, 0.15) is 0 Å². The average molecular weight is 189 g/mol. The SMILES string of the molecule is O=c1nccc(-c2ccc[nH]c2=O)[nH]1. The van der Waals surface area contributed by atoms with Crippen molar-refractivity contribution in [3.8, 4) is 11.3 Å². The minimum Gasteiger partial charge on any atom is -0.329 e. The number of hydrogen-bond acceptors (Lipinski definition) is 3. The minimum atomic E-state index is -0.467. The summed E-state index contributed by atoms with van der Waals surface area (Å²) in [6.45, 7) is 0. The summed E-state index contributed by atoms with van der Waals surface area (Å²) in [5, 5.41) is 0. The van der Waals surface area contributed by atoms with Crippen molar-refractivity contribution in [2.75, 3.05) is 0 Å². The second kappa shape index (κ2) is 3.29. The summed E-state index contributed by atoms with van der Waals surface area (Å²) >= 11 is 0. The molecule has 0 radical (unpaired) electrons. The largest absolute Gasteiger partial charge is 0.345 e. The van der Waals surface area contributed by atoms with Crippen LogP contribution in [-0.2, 0) is 0 Å². The first-order valence-electron chi connectivity index (χ1n) is 4.01. The van der Waals surface area contributed by atoms with Crippen LogP contribution in [0, 0.1) is 0 Å². The van der Waals surface area contributed by atoms with Crippen LogP contribution in [0.2, 0.25) is 0 Å². The highest BCUT2D eigenvalue weighted by Gasteiger charge is 2.01. The van der Waals surface area contributed by atoms with Crippen molar-refractivity contribution in [2.45, 2.75) is 0 Å². The van der Waals surface area contributed by atoms with Crippen molar-refractivity contribution < 1.29 is 0 Å². The van der Waals surface area contributed by atoms with Crippen LogP contribution in [0.3, 0.4) is 0 Å². The minimum absolute atomic E-state index is 0.241. The van der Waals surface area contributed by atoms with Gasteiger partial charge in [0.05, 0.1) is 11.3 Å². The van der Waals surface area contributed by atoms with E-state index in [1.807, 2.05) is 0 Å². The number of nitrogens with zero attached hydrogens (tertiary/aromatic N) is 1. The van der Waals surface area contributed by atoms with Crippen LogP contribution in [0.4, 0.5) is 0 Å². The second-order valence-electron chi connectivity index (χ2n) is 2.70. The number of aromatic nitrogens is 3. The van der Waals surface area contributed by atoms with Gasteiger partial charge in [-0.1, -0.05) is 0 Å². The molecule has 0 aliphatic rings. The van der Waals surface area contributed by atoms with Crippen LogP contribution in [0.5, 0.6) is 0 Å². The third kappa shape index (κ3) is 1.47. The van der Waals surface area contributed by atoms with Crippen molar-refractivity contribution in [3.63, 3.8) is 0 Å². The van der Waals surface area contributed by atoms with Gasteiger partial charge >= 0.3 is 5.69 Å². The van der Waals surface area contributed by atoms with Crippen LogP contribution >= 0.6 is 0 Å². The summed E-state index contributed by atoms with van der Waals surface area (Å²) in [5.74, 6) is 0. The lowest BCUT2D eigenvalue weighted by Crippen LogP contribution is -2.13. The lowest BCUT2D eigenvalue weighted by molar-refractivity contribution is 1.07. The predicted octanol–water partition coefficient (Wildman–Crippen LogP) is 0.125. The molecule has 0 bridgehead atoms. The first kappa shape index (κ1) is 8.43. The zero-order valence-corrected chi connectivity index (χ0v) is 7.15. The lowest BCUT2D eigenvalue weighted by Gasteiger charge is -1.97. The third-order valence-corrected chi connectivity index (χ3v) is 1.78. The topological polar surface area (TPSA) is 78.6 Å². The molecule has 0 atom stereocenters. The van der Waals surface area contributed by atoms with Gasteiger partial charge in [0.25, 0.3) is 5.56 Å². The van der Waals surface area contributed by atoms with E-state index in [-0.39, 0.29) is 5.56 Å². The van der Waals surface area contributed by atoms with Crippen molar-refractivity contribution in [1.82, 2.24) is 15.0 Å². The zero-order valence-electron chi connectivity index (χ0n) is 7.15. The van der Waals surface area contributed by atoms with E-state index < -0.39 is 5.69 Å². The van der Waals surface area contributed by atoms with E-state index in [0.717, 1.165) is 0 Å². The molecule has 2 heterocycles. The number of H-pyrrole nitrogens is 2. The van der Waals surface area contributed by atoms with Gasteiger partial charge in [-0.2, -0.15) is 0 Å². The van der Waals surface area contributed by atoms with Crippen LogP contribution in [0.15, 0.2) is 40.2 Å². The molecule has 0 aromatic carbocycles. The fourth-order valence-electron chi connectivity index (χ4n) is 1.16. The van der Waals surface area contributed by atoms with Crippen LogP contribution < -0.4 is 11.2 Å². The molecule has 0 spiro atoms. The zero-order chi connectivity index (χ0) is 9.97. The molecule has 5 heteroatoms. The van der Waals surface area contributed by atoms with Crippen molar-refractivity contribution in [2.24, 2.45) is 0 Å². The van der Waals surface area contributed by atoms with E-state index in [9.17, 15) is 9.59 Å². The summed E-state index contributed by atoms with van der Waals surface area (Å²) in [6, 6.07) is 4.89. The standard InChI is InChI=1S/C9H7N3O2/c13-8-6(2-1-4-10-8)7-3-5-11-9(14)12-7/h1-5H,(H,10,13)(H,11,12,14). The summed E-state index contributed by atoms with van der Waals surface area (Å²) in [7, 11) is 0. The third-order valence-electron chi connectivity index (χ3n) is 1.78. The van der Waals surface area contributed by atoms with Gasteiger partial charge in [-0.3, -0.25) is 4.79 Å². The maximum absolute atomic E-state index is 11.3. The number of pyridine rings is 1. The first-order valence-corrected chi connectivity index (χ1v) is 4.01. The normalized spacial score (nSPS) is 10.0. The summed E-state index contributed by atoms with van der Waals surface area (Å²) < 4.78 is 0. The molecule has 0 saturated heterocycles. The molecular weight excluding hydrogens is 182 g/mol. The van der Waals surface area contributed by atoms with Gasteiger partial charge < -0.3 is 9.97 Å². The number of nitrogens with one attached hydrogen (secondary N) is 2. The maximum Gasteiger partial charge on any atom is 0.345 e. The number of rotatable bonds is 1. The molecule has 2 aromatic rings. The number of aromatic amines is 2. The Balaban J connectivity index is 2.67. The van der Waals surface area contributed by atoms with Gasteiger partial charge in [0.2, 0.25) is 0 Å². The molecule has 5 nitrogen and oxygen atoms in total. The summed E-state index contributed by atoms with van der Waals surface area (Å²) in [6.07, 6.45) is 2.89. The summed E-state index contributed by atoms with van der Waals surface area (Å²) in [5.41, 5.74) is 0.180. The first-order chi connectivity index (χ1) is 6.77. The van der Waals surface area contributed by atoms with Crippen molar-refractivity contribution >= 4 is 0 Å². The molecule has 2 rings (SSSR count). The van der Waals surface area contributed by atoms with E-state index in [1.54, 1.807) is 18.2 Å². The van der Waals surface area contributed by atoms with Crippen molar-refractivity contribution in [3.05, 3.63) is 51.4 Å². The van der Waals surface area contributed by atoms with E-state index in [1.165, 1.54) is 12.4 Å². The molecule has 0 aliphatic heterocycles. The molecule has 14 heavy (non-hydrogen) atoms. The highest BCUT2D eigenvalue weighted by molar-refractivity contribution is 5.56. The second-order valence-corrected chi connectivity index (χ2v) is 2.70. The Morgan fingerprint density at radius 2 is 2.07 bits per heavy atom. The highest BCUT2D eigenvalue weighted by atomic mass is 16.1. The molecule has 0 unspecified atom stereocenters. The molecule has 0 amide bonds. The Kier molecular flexibility index (Phi) is 1.98. The molecule has 0 saturated carbocycles. The molecular formula is C9H7N3O2. The number of hydrogen-bond donors (Lipinski definition) is 2. The molecule has 70 valence electrons. The Bertz CT molecular complexity index is 556. The van der Waals surface area contributed by atoms with Crippen LogP contribution in [-0.4, -0.2) is 15.0 Å². The quantitative estimate of drug-likeness (QED) is 0.669. The van der Waals surface area contributed by atoms with Gasteiger partial charge in [-0.05, 0) is 18.2 Å². The van der Waals surface area contributed by atoms with Crippen LogP contribution in [0.25, 0.3) is 11.3 Å². The fraction of sp³-hybridized carbons (Fsp3) is 0. The van der Waals surface area contributed by atoms with Crippen molar-refractivity contribution in [1.29, 1.82) is 0 Å². The Morgan fingerprint density at radius 1 is 1.21 bits per heavy atom. The molecule has 0 fully saturated rings. The predicted molar refractivity (Wildman–Crippen MR) is 50.9 cm³/mol. The van der Waals surface area contributed by atoms with Gasteiger partial charge in [-0.25, -0.2) is 9.78 Å². The lowest BCUT2D eigenvalue weighted by atomic mass is 10.2. The monoisotopic (exact) mass is 189 g/mol. The summed E-state index contributed by atoms with van der Waals surface area (Å²) in [4.78, 5) is 30.7. The molecule has 2 N–H and O–H groups in total. The Morgan fingerprint density at radius 3 is 2.79 bits per heavy atom. The smallest absolute Gasteiger partial charge is 0.329 e. The van der Waals surface area contributed by atoms with Gasteiger partial charge in [0, 0.05) is 12.4 Å². The molecule has 0 aliphatic carbocycles. The fourth-order valence-corrected chi connectivity index (χ4v) is 1.16. The Hall–Kier alpha value is -2.17. The van der Waals surface area contributed by atoms with E-state index in [0.29, 0.717) is 11.3 Å². The van der Waals surface area contributed by atoms with E-state index >= 15 is 0 Å². The Labute approximate surface area is 78.5 Å². The maximum atomic E-state index is 11.3. The highest BCUT2D eigenvalue weighted by Crippen LogP contribution is 2.07. The average Bonchev–Trinajstić information content (AvgIpc) is 2.18. The van der Waals surface area contributed by atoms with Gasteiger partial charge in [-0.15, -0.1) is 0 Å². The molecule has 2 aromatic heterocycles. The van der Waals surface area contributed by atoms with Gasteiger partial charge in [0.15, 0.2) is 0 Å². The van der Waals surface area contributed by atoms with E-state index in [4.69, 9.17) is 0 Å². The van der Waals surface area contributed by atoms with Crippen LogP contribution in [0.1, 0.15) is 0 Å². The van der Waals surface area contributed by atoms with E-state index in [2.05, 4.69) is 15.0 Å².